The van der Waals surface area contributed by atoms with E-state index in [4.69, 9.17) is 5.73 Å². The van der Waals surface area contributed by atoms with Crippen LogP contribution in [-0.2, 0) is 11.3 Å². The van der Waals surface area contributed by atoms with Crippen LogP contribution in [0.5, 0.6) is 0 Å². The van der Waals surface area contributed by atoms with Gasteiger partial charge < -0.3 is 10.6 Å². The van der Waals surface area contributed by atoms with Gasteiger partial charge >= 0.3 is 5.69 Å². The van der Waals surface area contributed by atoms with Crippen molar-refractivity contribution in [3.8, 4) is 0 Å². The third-order valence-corrected chi connectivity index (χ3v) is 5.67. The molecule has 2 fully saturated rings. The zero-order valence-corrected chi connectivity index (χ0v) is 14.4. The molecule has 3 atom stereocenters. The third kappa shape index (κ3) is 2.76. The summed E-state index contributed by atoms with van der Waals surface area (Å²) in [4.78, 5) is 40.8. The molecular formula is C17H26N4O3. The molecule has 1 aromatic heterocycles. The van der Waals surface area contributed by atoms with E-state index in [1.807, 2.05) is 6.92 Å². The lowest BCUT2D eigenvalue weighted by Crippen LogP contribution is -2.42. The molecule has 7 nitrogen and oxygen atoms in total. The molecule has 2 saturated carbocycles. The standard InChI is InChI=1S/C17H26N4O3/c1-3-4-7-21-14(18)13(15(22)19-17(21)24)20(2)16(23)12-9-10-5-6-11(12)8-10/h10-12H,3-9,18H2,1-2H3,(H,19,22,24). The summed E-state index contributed by atoms with van der Waals surface area (Å²) < 4.78 is 1.35. The van der Waals surface area contributed by atoms with E-state index in [1.54, 1.807) is 7.05 Å². The number of unbranched alkanes of at least 4 members (excludes halogenated alkanes) is 1. The second kappa shape index (κ2) is 6.45. The van der Waals surface area contributed by atoms with Gasteiger partial charge in [-0.3, -0.25) is 19.1 Å². The van der Waals surface area contributed by atoms with Gasteiger partial charge in [0.1, 0.15) is 5.82 Å². The average Bonchev–Trinajstić information content (AvgIpc) is 3.16. The number of carbonyl (C=O) groups is 1. The number of nitrogens with one attached hydrogen (secondary N) is 1. The van der Waals surface area contributed by atoms with E-state index in [9.17, 15) is 14.4 Å². The third-order valence-electron chi connectivity index (χ3n) is 5.67. The van der Waals surface area contributed by atoms with E-state index in [2.05, 4.69) is 4.98 Å². The Balaban J connectivity index is 1.91. The van der Waals surface area contributed by atoms with Crippen LogP contribution in [0.25, 0.3) is 0 Å². The summed E-state index contributed by atoms with van der Waals surface area (Å²) in [5.74, 6) is 1.07. The Labute approximate surface area is 140 Å². The van der Waals surface area contributed by atoms with E-state index < -0.39 is 11.2 Å². The zero-order valence-electron chi connectivity index (χ0n) is 14.4. The number of anilines is 2. The predicted molar refractivity (Wildman–Crippen MR) is 93.0 cm³/mol. The lowest BCUT2D eigenvalue weighted by molar-refractivity contribution is -0.123. The molecule has 2 aliphatic carbocycles. The molecule has 3 N–H and O–H groups in total. The van der Waals surface area contributed by atoms with Crippen molar-refractivity contribution < 1.29 is 4.79 Å². The van der Waals surface area contributed by atoms with Crippen molar-refractivity contribution in [3.05, 3.63) is 20.8 Å². The van der Waals surface area contributed by atoms with Gasteiger partial charge in [0.15, 0.2) is 5.69 Å². The molecule has 1 aromatic rings. The van der Waals surface area contributed by atoms with Crippen molar-refractivity contribution in [3.63, 3.8) is 0 Å². The van der Waals surface area contributed by atoms with Gasteiger partial charge in [0.25, 0.3) is 5.56 Å². The van der Waals surface area contributed by atoms with E-state index in [-0.39, 0.29) is 23.3 Å². The van der Waals surface area contributed by atoms with Crippen molar-refractivity contribution in [1.82, 2.24) is 9.55 Å². The number of aromatic amines is 1. The number of hydrogen-bond donors (Lipinski definition) is 2. The van der Waals surface area contributed by atoms with Crippen LogP contribution in [0.2, 0.25) is 0 Å². The first-order valence-electron chi connectivity index (χ1n) is 8.84. The lowest BCUT2D eigenvalue weighted by atomic mass is 9.88. The summed E-state index contributed by atoms with van der Waals surface area (Å²) in [5.41, 5.74) is 5.07. The Morgan fingerprint density at radius 2 is 2.08 bits per heavy atom. The quantitative estimate of drug-likeness (QED) is 0.848. The monoisotopic (exact) mass is 334 g/mol. The van der Waals surface area contributed by atoms with Gasteiger partial charge in [-0.25, -0.2) is 4.79 Å². The first-order valence-corrected chi connectivity index (χ1v) is 8.84. The molecule has 132 valence electrons. The Morgan fingerprint density at radius 1 is 1.33 bits per heavy atom. The lowest BCUT2D eigenvalue weighted by Gasteiger charge is -2.27. The van der Waals surface area contributed by atoms with E-state index in [0.29, 0.717) is 18.4 Å². The van der Waals surface area contributed by atoms with Crippen LogP contribution in [0.1, 0.15) is 45.4 Å². The van der Waals surface area contributed by atoms with Crippen LogP contribution in [0.15, 0.2) is 9.59 Å². The average molecular weight is 334 g/mol. The first-order chi connectivity index (χ1) is 11.4. The number of carbonyl (C=O) groups excluding carboxylic acids is 1. The van der Waals surface area contributed by atoms with E-state index in [0.717, 1.165) is 32.1 Å². The number of H-pyrrole nitrogens is 1. The number of rotatable bonds is 5. The van der Waals surface area contributed by atoms with Gasteiger partial charge in [0, 0.05) is 19.5 Å². The SMILES string of the molecule is CCCCn1c(N)c(N(C)C(=O)C2CC3CCC2C3)c(=O)[nH]c1=O. The van der Waals surface area contributed by atoms with Gasteiger partial charge in [-0.05, 0) is 37.5 Å². The van der Waals surface area contributed by atoms with Crippen molar-refractivity contribution in [1.29, 1.82) is 0 Å². The van der Waals surface area contributed by atoms with Crippen LogP contribution in [0.3, 0.4) is 0 Å². The van der Waals surface area contributed by atoms with Gasteiger partial charge in [-0.1, -0.05) is 19.8 Å². The number of nitrogen functional groups attached to an aromatic ring is 1. The number of aromatic nitrogens is 2. The molecule has 3 unspecified atom stereocenters. The Bertz CT molecular complexity index is 751. The maximum absolute atomic E-state index is 12.9. The highest BCUT2D eigenvalue weighted by molar-refractivity contribution is 5.96. The predicted octanol–water partition coefficient (Wildman–Crippen LogP) is 1.32. The number of fused-ring (bicyclic) bond motifs is 2. The van der Waals surface area contributed by atoms with Crippen molar-refractivity contribution >= 4 is 17.4 Å². The molecular weight excluding hydrogens is 308 g/mol. The first kappa shape index (κ1) is 16.8. The molecule has 2 aliphatic rings. The summed E-state index contributed by atoms with van der Waals surface area (Å²) >= 11 is 0. The van der Waals surface area contributed by atoms with E-state index in [1.165, 1.54) is 15.9 Å². The maximum Gasteiger partial charge on any atom is 0.330 e. The molecule has 0 saturated heterocycles. The summed E-state index contributed by atoms with van der Waals surface area (Å²) in [6.07, 6.45) is 6.01. The Hall–Kier alpha value is -2.05. The fraction of sp³-hybridized carbons (Fsp3) is 0.706. The molecule has 0 radical (unpaired) electrons. The highest BCUT2D eigenvalue weighted by Gasteiger charge is 2.44. The highest BCUT2D eigenvalue weighted by Crippen LogP contribution is 2.49. The van der Waals surface area contributed by atoms with Crippen molar-refractivity contribution in [2.75, 3.05) is 17.7 Å². The van der Waals surface area contributed by atoms with Crippen molar-refractivity contribution in [2.45, 2.75) is 52.0 Å². The molecule has 0 aromatic carbocycles. The van der Waals surface area contributed by atoms with Crippen LogP contribution in [-0.4, -0.2) is 22.5 Å². The number of nitrogens with two attached hydrogens (primary N) is 1. The maximum atomic E-state index is 12.9. The molecule has 24 heavy (non-hydrogen) atoms. The van der Waals surface area contributed by atoms with Crippen LogP contribution in [0.4, 0.5) is 11.5 Å². The number of nitrogens with zero attached hydrogens (tertiary/aromatic N) is 2. The number of hydrogen-bond acceptors (Lipinski definition) is 4. The highest BCUT2D eigenvalue weighted by atomic mass is 16.2. The molecule has 7 heteroatoms. The van der Waals surface area contributed by atoms with Gasteiger partial charge in [-0.2, -0.15) is 0 Å². The van der Waals surface area contributed by atoms with Crippen LogP contribution >= 0.6 is 0 Å². The summed E-state index contributed by atoms with van der Waals surface area (Å²) in [7, 11) is 1.59. The minimum Gasteiger partial charge on any atom is -0.383 e. The van der Waals surface area contributed by atoms with Gasteiger partial charge in [-0.15, -0.1) is 0 Å². The molecule has 3 rings (SSSR count). The molecule has 1 heterocycles. The minimum absolute atomic E-state index is 0.0245. The largest absolute Gasteiger partial charge is 0.383 e. The normalized spacial score (nSPS) is 25.2. The smallest absolute Gasteiger partial charge is 0.330 e. The second-order valence-corrected chi connectivity index (χ2v) is 7.18. The van der Waals surface area contributed by atoms with Gasteiger partial charge in [0.05, 0.1) is 0 Å². The van der Waals surface area contributed by atoms with Crippen molar-refractivity contribution in [2.24, 2.45) is 17.8 Å². The fourth-order valence-corrected chi connectivity index (χ4v) is 4.35. The second-order valence-electron chi connectivity index (χ2n) is 7.18. The van der Waals surface area contributed by atoms with E-state index >= 15 is 0 Å². The molecule has 0 spiro atoms. The summed E-state index contributed by atoms with van der Waals surface area (Å²) in [6, 6.07) is 0. The molecule has 0 aliphatic heterocycles. The minimum atomic E-state index is -0.593. The summed E-state index contributed by atoms with van der Waals surface area (Å²) in [6.45, 7) is 2.44. The fourth-order valence-electron chi connectivity index (χ4n) is 4.35. The topological polar surface area (TPSA) is 101 Å². The Morgan fingerprint density at radius 3 is 2.67 bits per heavy atom. The van der Waals surface area contributed by atoms with Crippen LogP contribution < -0.4 is 21.9 Å². The zero-order chi connectivity index (χ0) is 17.4. The van der Waals surface area contributed by atoms with Crippen LogP contribution in [0, 0.1) is 17.8 Å². The van der Waals surface area contributed by atoms with Gasteiger partial charge in [0.2, 0.25) is 5.91 Å². The molecule has 1 amide bonds. The molecule has 2 bridgehead atoms. The Kier molecular flexibility index (Phi) is 4.51. The summed E-state index contributed by atoms with van der Waals surface area (Å²) in [5, 5.41) is 0. The number of amides is 1.